The predicted octanol–water partition coefficient (Wildman–Crippen LogP) is 4.74. The number of aliphatic imine (C=N–C) groups is 1. The third-order valence-corrected chi connectivity index (χ3v) is 5.27. The Labute approximate surface area is 200 Å². The van der Waals surface area contributed by atoms with E-state index in [-0.39, 0.29) is 40.7 Å². The van der Waals surface area contributed by atoms with E-state index in [1.165, 1.54) is 17.2 Å². The van der Waals surface area contributed by atoms with Gasteiger partial charge in [-0.2, -0.15) is 0 Å². The Bertz CT molecular complexity index is 873. The van der Waals surface area contributed by atoms with Crippen LogP contribution in [0.2, 0.25) is 0 Å². The first-order valence-electron chi connectivity index (χ1n) is 10.5. The van der Waals surface area contributed by atoms with Crippen molar-refractivity contribution in [1.82, 2.24) is 10.6 Å². The maximum atomic E-state index is 11.0. The summed E-state index contributed by atoms with van der Waals surface area (Å²) < 4.78 is 6.11. The topological polar surface area (TPSA) is 88.8 Å². The van der Waals surface area contributed by atoms with Crippen LogP contribution in [0.4, 0.5) is 5.69 Å². The molecule has 2 aromatic carbocycles. The Morgan fingerprint density at radius 2 is 2.00 bits per heavy atom. The van der Waals surface area contributed by atoms with Crippen LogP contribution in [0.5, 0.6) is 0 Å². The third kappa shape index (κ3) is 7.46. The average molecular weight is 538 g/mol. The molecule has 0 spiro atoms. The Morgan fingerprint density at radius 1 is 1.23 bits per heavy atom. The molecule has 7 nitrogen and oxygen atoms in total. The van der Waals surface area contributed by atoms with Crippen LogP contribution in [0, 0.1) is 23.0 Å². The second-order valence-corrected chi connectivity index (χ2v) is 7.61. The molecule has 1 aliphatic heterocycles. The number of non-ortho nitro benzene ring substituents is 1. The molecule has 1 heterocycles. The molecule has 1 aliphatic rings. The number of ether oxygens (including phenoxy) is 1. The van der Waals surface area contributed by atoms with E-state index in [0.29, 0.717) is 18.4 Å². The van der Waals surface area contributed by atoms with Gasteiger partial charge >= 0.3 is 0 Å². The molecule has 0 aromatic heterocycles. The van der Waals surface area contributed by atoms with Crippen molar-refractivity contribution in [2.24, 2.45) is 10.9 Å². The van der Waals surface area contributed by atoms with Crippen LogP contribution in [-0.2, 0) is 11.3 Å². The van der Waals surface area contributed by atoms with E-state index in [0.717, 1.165) is 38.1 Å². The molecule has 8 heteroatoms. The first-order valence-corrected chi connectivity index (χ1v) is 10.5. The molecule has 2 unspecified atom stereocenters. The fourth-order valence-electron chi connectivity index (χ4n) is 3.69. The largest absolute Gasteiger partial charge is 0.373 e. The van der Waals surface area contributed by atoms with Gasteiger partial charge in [-0.25, -0.2) is 4.99 Å². The molecule has 0 amide bonds. The molecule has 0 radical (unpaired) electrons. The highest BCUT2D eigenvalue weighted by molar-refractivity contribution is 14.0. The number of nitro benzene ring substituents is 1. The summed E-state index contributed by atoms with van der Waals surface area (Å²) >= 11 is 0. The predicted molar refractivity (Wildman–Crippen MR) is 134 cm³/mol. The third-order valence-electron chi connectivity index (χ3n) is 5.27. The maximum Gasteiger partial charge on any atom is 0.269 e. The van der Waals surface area contributed by atoms with Crippen molar-refractivity contribution < 1.29 is 9.66 Å². The fourth-order valence-corrected chi connectivity index (χ4v) is 3.69. The lowest BCUT2D eigenvalue weighted by atomic mass is 9.89. The van der Waals surface area contributed by atoms with Crippen LogP contribution in [0.15, 0.2) is 53.5 Å². The molecule has 0 bridgehead atoms. The van der Waals surface area contributed by atoms with Gasteiger partial charge in [0.2, 0.25) is 0 Å². The number of nitrogens with one attached hydrogen (secondary N) is 2. The standard InChI is InChI=1S/C23H30N4O3.HI/c1-3-24-23(25-15-18-6-4-8-21(14-18)27(28)29)26-16-20-7-5-13-30-22(20)19-11-9-17(2)10-12-19;/h4,6,8-12,14,20,22H,3,5,7,13,15-16H2,1-2H3,(H2,24,25,26);1H. The van der Waals surface area contributed by atoms with E-state index in [4.69, 9.17) is 4.74 Å². The Morgan fingerprint density at radius 3 is 2.71 bits per heavy atom. The van der Waals surface area contributed by atoms with E-state index in [1.54, 1.807) is 12.1 Å². The molecule has 3 rings (SSSR count). The van der Waals surface area contributed by atoms with Gasteiger partial charge in [0.1, 0.15) is 0 Å². The number of benzene rings is 2. The molecule has 1 saturated heterocycles. The number of hydrogen-bond donors (Lipinski definition) is 2. The molecular weight excluding hydrogens is 507 g/mol. The summed E-state index contributed by atoms with van der Waals surface area (Å²) in [5.74, 6) is 1.06. The van der Waals surface area contributed by atoms with Crippen LogP contribution in [0.1, 0.15) is 42.6 Å². The minimum absolute atomic E-state index is 0. The molecule has 31 heavy (non-hydrogen) atoms. The van der Waals surface area contributed by atoms with E-state index >= 15 is 0 Å². The SMILES string of the molecule is CCNC(=NCc1cccc([N+](=O)[O-])c1)NCC1CCCOC1c1ccc(C)cc1.I. The summed E-state index contributed by atoms with van der Waals surface area (Å²) in [7, 11) is 0. The van der Waals surface area contributed by atoms with Gasteiger partial charge in [-0.3, -0.25) is 10.1 Å². The van der Waals surface area contributed by atoms with Gasteiger partial charge in [0.15, 0.2) is 5.96 Å². The highest BCUT2D eigenvalue weighted by Crippen LogP contribution is 2.33. The molecule has 2 aromatic rings. The fraction of sp³-hybridized carbons (Fsp3) is 0.435. The lowest BCUT2D eigenvalue weighted by molar-refractivity contribution is -0.384. The normalized spacial score (nSPS) is 18.7. The number of nitrogens with zero attached hydrogens (tertiary/aromatic N) is 2. The van der Waals surface area contributed by atoms with Crippen LogP contribution in [-0.4, -0.2) is 30.6 Å². The van der Waals surface area contributed by atoms with E-state index in [1.807, 2.05) is 13.0 Å². The van der Waals surface area contributed by atoms with Crippen molar-refractivity contribution >= 4 is 35.6 Å². The second-order valence-electron chi connectivity index (χ2n) is 7.61. The van der Waals surface area contributed by atoms with Gasteiger partial charge in [-0.15, -0.1) is 24.0 Å². The molecule has 0 saturated carbocycles. The maximum absolute atomic E-state index is 11.0. The molecule has 1 fully saturated rings. The minimum Gasteiger partial charge on any atom is -0.373 e. The Hall–Kier alpha value is -2.20. The van der Waals surface area contributed by atoms with Gasteiger partial charge in [-0.05, 0) is 37.8 Å². The summed E-state index contributed by atoms with van der Waals surface area (Å²) in [6.45, 7) is 6.76. The first-order chi connectivity index (χ1) is 14.6. The second kappa shape index (κ2) is 12.6. The van der Waals surface area contributed by atoms with Gasteiger partial charge in [0.05, 0.1) is 17.6 Å². The number of hydrogen-bond acceptors (Lipinski definition) is 4. The molecule has 168 valence electrons. The summed E-state index contributed by atoms with van der Waals surface area (Å²) in [6.07, 6.45) is 2.22. The highest BCUT2D eigenvalue weighted by atomic mass is 127. The zero-order chi connectivity index (χ0) is 21.3. The van der Waals surface area contributed by atoms with Crippen molar-refractivity contribution in [1.29, 1.82) is 0 Å². The monoisotopic (exact) mass is 538 g/mol. The van der Waals surface area contributed by atoms with E-state index in [2.05, 4.69) is 46.8 Å². The number of guanidine groups is 1. The summed E-state index contributed by atoms with van der Waals surface area (Å²) in [6, 6.07) is 15.2. The van der Waals surface area contributed by atoms with Crippen molar-refractivity contribution in [2.45, 2.75) is 39.3 Å². The Balaban J connectivity index is 0.00000341. The molecule has 2 N–H and O–H groups in total. The van der Waals surface area contributed by atoms with Gasteiger partial charge < -0.3 is 15.4 Å². The van der Waals surface area contributed by atoms with Crippen molar-refractivity contribution in [2.75, 3.05) is 19.7 Å². The summed E-state index contributed by atoms with van der Waals surface area (Å²) in [4.78, 5) is 15.2. The van der Waals surface area contributed by atoms with Crippen LogP contribution in [0.25, 0.3) is 0 Å². The minimum atomic E-state index is -0.384. The van der Waals surface area contributed by atoms with Gasteiger partial charge in [0.25, 0.3) is 5.69 Å². The molecular formula is C23H31IN4O3. The molecule has 2 atom stereocenters. The number of nitro groups is 1. The Kier molecular flexibility index (Phi) is 10.2. The van der Waals surface area contributed by atoms with Crippen molar-refractivity contribution in [3.05, 3.63) is 75.3 Å². The lowest BCUT2D eigenvalue weighted by Gasteiger charge is -2.32. The van der Waals surface area contributed by atoms with Crippen LogP contribution < -0.4 is 10.6 Å². The van der Waals surface area contributed by atoms with Crippen LogP contribution >= 0.6 is 24.0 Å². The molecule has 0 aliphatic carbocycles. The smallest absolute Gasteiger partial charge is 0.269 e. The number of aryl methyl sites for hydroxylation is 1. The first kappa shape index (κ1) is 25.1. The quantitative estimate of drug-likeness (QED) is 0.175. The number of halogens is 1. The van der Waals surface area contributed by atoms with E-state index in [9.17, 15) is 10.1 Å². The van der Waals surface area contributed by atoms with Crippen LogP contribution in [0.3, 0.4) is 0 Å². The van der Waals surface area contributed by atoms with E-state index < -0.39 is 0 Å². The average Bonchev–Trinajstić information content (AvgIpc) is 2.76. The lowest BCUT2D eigenvalue weighted by Crippen LogP contribution is -2.42. The highest BCUT2D eigenvalue weighted by Gasteiger charge is 2.27. The van der Waals surface area contributed by atoms with Crippen molar-refractivity contribution in [3.8, 4) is 0 Å². The number of rotatable bonds is 7. The van der Waals surface area contributed by atoms with Gasteiger partial charge in [0, 0.05) is 37.7 Å². The zero-order valence-corrected chi connectivity index (χ0v) is 20.4. The summed E-state index contributed by atoms with van der Waals surface area (Å²) in [5.41, 5.74) is 3.35. The summed E-state index contributed by atoms with van der Waals surface area (Å²) in [5, 5.41) is 17.7. The van der Waals surface area contributed by atoms with Gasteiger partial charge in [-0.1, -0.05) is 42.0 Å². The van der Waals surface area contributed by atoms with Crippen molar-refractivity contribution in [3.63, 3.8) is 0 Å². The zero-order valence-electron chi connectivity index (χ0n) is 18.0.